The lowest BCUT2D eigenvalue weighted by Gasteiger charge is -2.28. The van der Waals surface area contributed by atoms with Crippen molar-refractivity contribution in [1.82, 2.24) is 20.7 Å². The highest BCUT2D eigenvalue weighted by atomic mass is 16.5. The van der Waals surface area contributed by atoms with Crippen LogP contribution in [0.15, 0.2) is 30.5 Å². The zero-order valence-electron chi connectivity index (χ0n) is 11.7. The van der Waals surface area contributed by atoms with Gasteiger partial charge in [-0.15, -0.1) is 0 Å². The first kappa shape index (κ1) is 13.1. The molecular formula is C15H20N4O. The molecule has 2 aromatic rings. The molecule has 5 nitrogen and oxygen atoms in total. The molecule has 3 rings (SSSR count). The van der Waals surface area contributed by atoms with Crippen molar-refractivity contribution < 1.29 is 4.74 Å². The second-order valence-corrected chi connectivity index (χ2v) is 5.11. The van der Waals surface area contributed by atoms with Gasteiger partial charge in [-0.1, -0.05) is 25.1 Å². The van der Waals surface area contributed by atoms with Crippen LogP contribution in [0.25, 0.3) is 0 Å². The summed E-state index contributed by atoms with van der Waals surface area (Å²) in [6.07, 6.45) is 3.87. The summed E-state index contributed by atoms with van der Waals surface area (Å²) in [6, 6.07) is 8.57. The maximum Gasteiger partial charge on any atom is 0.122 e. The van der Waals surface area contributed by atoms with Crippen LogP contribution in [0.3, 0.4) is 0 Å². The van der Waals surface area contributed by atoms with Crippen LogP contribution in [0.4, 0.5) is 0 Å². The van der Waals surface area contributed by atoms with Crippen molar-refractivity contribution in [1.29, 1.82) is 0 Å². The molecule has 1 aromatic heterocycles. The van der Waals surface area contributed by atoms with Crippen LogP contribution in [0.5, 0.6) is 5.75 Å². The highest BCUT2D eigenvalue weighted by Crippen LogP contribution is 2.38. The Morgan fingerprint density at radius 1 is 1.45 bits per heavy atom. The first-order valence-corrected chi connectivity index (χ1v) is 7.19. The van der Waals surface area contributed by atoms with Gasteiger partial charge in [0.1, 0.15) is 5.75 Å². The van der Waals surface area contributed by atoms with Gasteiger partial charge in [-0.2, -0.15) is 15.4 Å². The van der Waals surface area contributed by atoms with E-state index < -0.39 is 0 Å². The van der Waals surface area contributed by atoms with Crippen LogP contribution >= 0.6 is 0 Å². The summed E-state index contributed by atoms with van der Waals surface area (Å²) in [5.74, 6) is 1.53. The third-order valence-corrected chi connectivity index (χ3v) is 3.84. The van der Waals surface area contributed by atoms with Crippen molar-refractivity contribution in [3.05, 3.63) is 41.7 Å². The Bertz CT molecular complexity index is 541. The number of aromatic amines is 1. The van der Waals surface area contributed by atoms with Gasteiger partial charge in [0.25, 0.3) is 0 Å². The second-order valence-electron chi connectivity index (χ2n) is 5.11. The molecule has 2 heterocycles. The van der Waals surface area contributed by atoms with E-state index in [2.05, 4.69) is 45.9 Å². The molecule has 2 atom stereocenters. The molecule has 0 aliphatic carbocycles. The number of rotatable bonds is 5. The summed E-state index contributed by atoms with van der Waals surface area (Å²) in [7, 11) is 0. The van der Waals surface area contributed by atoms with Gasteiger partial charge in [0.2, 0.25) is 0 Å². The van der Waals surface area contributed by atoms with Gasteiger partial charge in [0.15, 0.2) is 0 Å². The number of nitrogens with zero attached hydrogens (tertiary/aromatic N) is 2. The molecule has 1 aliphatic rings. The van der Waals surface area contributed by atoms with Crippen LogP contribution in [0, 0.1) is 0 Å². The quantitative estimate of drug-likeness (QED) is 0.877. The molecule has 0 radical (unpaired) electrons. The second kappa shape index (κ2) is 6.05. The Morgan fingerprint density at radius 3 is 3.15 bits per heavy atom. The maximum atomic E-state index is 5.73. The van der Waals surface area contributed by atoms with E-state index in [1.54, 1.807) is 6.20 Å². The van der Waals surface area contributed by atoms with Crippen LogP contribution in [0.2, 0.25) is 0 Å². The average Bonchev–Trinajstić information content (AvgIpc) is 3.01. The SMILES string of the molecule is CCNC(CC1CCOc2ccccc21)c1cn[nH]n1. The number of H-pyrrole nitrogens is 1. The minimum Gasteiger partial charge on any atom is -0.493 e. The fraction of sp³-hybridized carbons (Fsp3) is 0.467. The normalized spacial score (nSPS) is 19.1. The number of hydrogen-bond acceptors (Lipinski definition) is 4. The lowest BCUT2D eigenvalue weighted by atomic mass is 9.87. The summed E-state index contributed by atoms with van der Waals surface area (Å²) in [6.45, 7) is 3.83. The number of fused-ring (bicyclic) bond motifs is 1. The summed E-state index contributed by atoms with van der Waals surface area (Å²) < 4.78 is 5.73. The Kier molecular flexibility index (Phi) is 3.97. The molecule has 20 heavy (non-hydrogen) atoms. The lowest BCUT2D eigenvalue weighted by Crippen LogP contribution is -2.25. The minimum absolute atomic E-state index is 0.231. The van der Waals surface area contributed by atoms with Crippen LogP contribution in [0.1, 0.15) is 43.0 Å². The number of ether oxygens (including phenoxy) is 1. The van der Waals surface area contributed by atoms with E-state index in [1.165, 1.54) is 5.56 Å². The predicted molar refractivity (Wildman–Crippen MR) is 76.7 cm³/mol. The molecular weight excluding hydrogens is 252 g/mol. The van der Waals surface area contributed by atoms with Crippen molar-refractivity contribution in [2.45, 2.75) is 31.7 Å². The molecule has 2 unspecified atom stereocenters. The van der Waals surface area contributed by atoms with Crippen molar-refractivity contribution in [3.63, 3.8) is 0 Å². The van der Waals surface area contributed by atoms with E-state index >= 15 is 0 Å². The zero-order chi connectivity index (χ0) is 13.8. The Morgan fingerprint density at radius 2 is 2.35 bits per heavy atom. The van der Waals surface area contributed by atoms with E-state index in [1.807, 2.05) is 6.07 Å². The zero-order valence-corrected chi connectivity index (χ0v) is 11.7. The van der Waals surface area contributed by atoms with E-state index in [9.17, 15) is 0 Å². The molecule has 106 valence electrons. The van der Waals surface area contributed by atoms with E-state index in [0.717, 1.165) is 37.4 Å². The molecule has 1 aliphatic heterocycles. The first-order valence-electron chi connectivity index (χ1n) is 7.19. The molecule has 0 spiro atoms. The number of nitrogens with one attached hydrogen (secondary N) is 2. The number of hydrogen-bond donors (Lipinski definition) is 2. The molecule has 0 bridgehead atoms. The third-order valence-electron chi connectivity index (χ3n) is 3.84. The number of aromatic nitrogens is 3. The van der Waals surface area contributed by atoms with Crippen molar-refractivity contribution in [2.75, 3.05) is 13.2 Å². The van der Waals surface area contributed by atoms with Crippen LogP contribution in [-0.4, -0.2) is 28.6 Å². The highest BCUT2D eigenvalue weighted by Gasteiger charge is 2.25. The Balaban J connectivity index is 1.79. The molecule has 0 saturated heterocycles. The fourth-order valence-electron chi connectivity index (χ4n) is 2.88. The molecule has 5 heteroatoms. The first-order chi connectivity index (χ1) is 9.88. The third kappa shape index (κ3) is 2.67. The van der Waals surface area contributed by atoms with Crippen LogP contribution < -0.4 is 10.1 Å². The molecule has 2 N–H and O–H groups in total. The Hall–Kier alpha value is -1.88. The van der Waals surface area contributed by atoms with Gasteiger partial charge in [0.05, 0.1) is 24.5 Å². The lowest BCUT2D eigenvalue weighted by molar-refractivity contribution is 0.255. The standard InChI is InChI=1S/C15H20N4O/c1-2-16-13(14-10-17-19-18-14)9-11-7-8-20-15-6-4-3-5-12(11)15/h3-6,10-11,13,16H,2,7-9H2,1H3,(H,17,18,19). The summed E-state index contributed by atoms with van der Waals surface area (Å²) in [5.41, 5.74) is 2.29. The topological polar surface area (TPSA) is 62.8 Å². The summed E-state index contributed by atoms with van der Waals surface area (Å²) in [5, 5.41) is 14.3. The largest absolute Gasteiger partial charge is 0.493 e. The van der Waals surface area contributed by atoms with Gasteiger partial charge >= 0.3 is 0 Å². The Labute approximate surface area is 118 Å². The van der Waals surface area contributed by atoms with Gasteiger partial charge < -0.3 is 10.1 Å². The molecule has 0 saturated carbocycles. The predicted octanol–water partition coefficient (Wildman–Crippen LogP) is 2.41. The van der Waals surface area contributed by atoms with Gasteiger partial charge in [-0.05, 0) is 36.9 Å². The van der Waals surface area contributed by atoms with Crippen molar-refractivity contribution >= 4 is 0 Å². The monoisotopic (exact) mass is 272 g/mol. The van der Waals surface area contributed by atoms with Crippen molar-refractivity contribution in [2.24, 2.45) is 0 Å². The van der Waals surface area contributed by atoms with Crippen molar-refractivity contribution in [3.8, 4) is 5.75 Å². The van der Waals surface area contributed by atoms with Gasteiger partial charge in [-0.3, -0.25) is 0 Å². The van der Waals surface area contributed by atoms with E-state index in [4.69, 9.17) is 4.74 Å². The highest BCUT2D eigenvalue weighted by molar-refractivity contribution is 5.38. The maximum absolute atomic E-state index is 5.73. The van der Waals surface area contributed by atoms with E-state index in [-0.39, 0.29) is 6.04 Å². The average molecular weight is 272 g/mol. The summed E-state index contributed by atoms with van der Waals surface area (Å²) >= 11 is 0. The molecule has 1 aromatic carbocycles. The van der Waals surface area contributed by atoms with Gasteiger partial charge in [0, 0.05) is 0 Å². The summed E-state index contributed by atoms with van der Waals surface area (Å²) in [4.78, 5) is 0. The van der Waals surface area contributed by atoms with Crippen LogP contribution in [-0.2, 0) is 0 Å². The minimum atomic E-state index is 0.231. The van der Waals surface area contributed by atoms with E-state index in [0.29, 0.717) is 5.92 Å². The molecule has 0 fully saturated rings. The number of para-hydroxylation sites is 1. The van der Waals surface area contributed by atoms with Gasteiger partial charge in [-0.25, -0.2) is 0 Å². The number of benzene rings is 1. The molecule has 0 amide bonds. The fourth-order valence-corrected chi connectivity index (χ4v) is 2.88. The smallest absolute Gasteiger partial charge is 0.122 e.